The van der Waals surface area contributed by atoms with E-state index in [2.05, 4.69) is 37.2 Å². The Labute approximate surface area is 603 Å². The molecule has 0 unspecified atom stereocenters. The molecule has 9 amide bonds. The van der Waals surface area contributed by atoms with Gasteiger partial charge in [0.2, 0.25) is 17.7 Å². The number of carbonyl (C=O) groups excluding carboxylic acids is 15. The van der Waals surface area contributed by atoms with Crippen LogP contribution in [0.1, 0.15) is 120 Å². The molecule has 1 aliphatic heterocycles. The Morgan fingerprint density at radius 2 is 0.476 bits per heavy atom. The van der Waals surface area contributed by atoms with Crippen LogP contribution in [0, 0.1) is 0 Å². The third-order valence-corrected chi connectivity index (χ3v) is 15.8. The van der Waals surface area contributed by atoms with Crippen LogP contribution < -0.4 is 37.2 Å². The highest BCUT2D eigenvalue weighted by Crippen LogP contribution is 2.16. The minimum Gasteiger partial charge on any atom is -0.373 e. The van der Waals surface area contributed by atoms with Crippen LogP contribution in [0.5, 0.6) is 0 Å². The van der Waals surface area contributed by atoms with Crippen LogP contribution in [-0.2, 0) is 42.8 Å². The smallest absolute Gasteiger partial charge is 0.373 e. The van der Waals surface area contributed by atoms with Gasteiger partial charge in [0, 0.05) is 72.0 Å². The molecule has 6 aromatic rings. The molecule has 31 nitrogen and oxygen atoms in total. The number of esters is 6. The van der Waals surface area contributed by atoms with E-state index in [1.165, 1.54) is 99.6 Å². The highest BCUT2D eigenvalue weighted by molar-refractivity contribution is 6.01. The van der Waals surface area contributed by atoms with E-state index in [4.69, 9.17) is 28.4 Å². The number of alkyl carbamates (subject to hydrolysis) is 6. The Hall–Kier alpha value is -12.7. The van der Waals surface area contributed by atoms with Crippen molar-refractivity contribution < 1.29 is 100 Å². The summed E-state index contributed by atoms with van der Waals surface area (Å²) in [6, 6.07) is 41.4. The number of nitrogens with one attached hydrogen (secondary N) is 7. The van der Waals surface area contributed by atoms with Crippen LogP contribution in [0.3, 0.4) is 0 Å². The van der Waals surface area contributed by atoms with Gasteiger partial charge in [-0.2, -0.15) is 0 Å². The van der Waals surface area contributed by atoms with E-state index >= 15 is 14.4 Å². The number of amides is 9. The van der Waals surface area contributed by atoms with Gasteiger partial charge in [-0.05, 0) is 131 Å². The van der Waals surface area contributed by atoms with Gasteiger partial charge in [0.15, 0.2) is 0 Å². The van der Waals surface area contributed by atoms with Crippen molar-refractivity contribution in [1.82, 2.24) is 51.9 Å². The van der Waals surface area contributed by atoms with Gasteiger partial charge in [-0.15, -0.1) is 0 Å². The third-order valence-electron chi connectivity index (χ3n) is 15.8. The number of hydrogen-bond acceptors (Lipinski definition) is 22. The van der Waals surface area contributed by atoms with E-state index in [1.807, 2.05) is 0 Å². The Kier molecular flexibility index (Phi) is 32.8. The molecule has 7 rings (SSSR count). The van der Waals surface area contributed by atoms with Crippen molar-refractivity contribution in [3.63, 3.8) is 0 Å². The molecule has 1 heterocycles. The maximum Gasteiger partial charge on any atom is 0.415 e. The SMILES string of the molecule is O=C(NCCCC[C@H](NC(=O)OC(=O)c1ccccc1)C(=O)N1CCNCCN(C(=O)[C@H](CCCCNC(=O)OC(=O)c2ccccc2)NC(=O)OC(=O)c2ccccc2)CCN(C(=O)[C@H](CCCCNC(=O)OC(=O)c2ccccc2)NC(=O)OC(=O)c2ccccc2)CC1)OC(=O)c1ccccc1. The Bertz CT molecular complexity index is 3760. The topological polar surface area (TPSA) is 405 Å². The normalized spacial score (nSPS) is 13.1. The fourth-order valence-electron chi connectivity index (χ4n) is 10.4. The summed E-state index contributed by atoms with van der Waals surface area (Å²) < 4.78 is 30.1. The molecule has 0 radical (unpaired) electrons. The van der Waals surface area contributed by atoms with Crippen LogP contribution in [0.2, 0.25) is 0 Å². The number of ether oxygens (including phenoxy) is 6. The van der Waals surface area contributed by atoms with Crippen LogP contribution in [0.25, 0.3) is 0 Å². The van der Waals surface area contributed by atoms with Crippen molar-refractivity contribution in [3.8, 4) is 0 Å². The molecule has 0 aromatic heterocycles. The van der Waals surface area contributed by atoms with E-state index in [1.54, 1.807) is 97.1 Å². The van der Waals surface area contributed by atoms with Crippen molar-refractivity contribution >= 4 is 90.1 Å². The van der Waals surface area contributed by atoms with Crippen molar-refractivity contribution in [2.45, 2.75) is 75.9 Å². The molecular weight excluding hydrogens is 1360 g/mol. The zero-order chi connectivity index (χ0) is 75.1. The lowest BCUT2D eigenvalue weighted by Gasteiger charge is -2.35. The van der Waals surface area contributed by atoms with E-state index in [0.29, 0.717) is 0 Å². The van der Waals surface area contributed by atoms with Crippen LogP contribution >= 0.6 is 0 Å². The first kappa shape index (κ1) is 79.7. The molecule has 6 aromatic carbocycles. The van der Waals surface area contributed by atoms with Gasteiger partial charge in [0.1, 0.15) is 18.1 Å². The lowest BCUT2D eigenvalue weighted by Crippen LogP contribution is -2.57. The number of unbranched alkanes of at least 4 members (excludes halogenated alkanes) is 3. The molecule has 0 bridgehead atoms. The predicted octanol–water partition coefficient (Wildman–Crippen LogP) is 7.09. The molecule has 0 aliphatic carbocycles. The summed E-state index contributed by atoms with van der Waals surface area (Å²) in [6.07, 6.45) is -6.86. The first-order valence-electron chi connectivity index (χ1n) is 33.8. The lowest BCUT2D eigenvalue weighted by molar-refractivity contribution is -0.139. The van der Waals surface area contributed by atoms with Crippen LogP contribution in [-0.4, -0.2) is 195 Å². The zero-order valence-corrected chi connectivity index (χ0v) is 57.1. The fraction of sp³-hybridized carbons (Fsp3) is 0.311. The van der Waals surface area contributed by atoms with E-state index in [0.717, 1.165) is 0 Å². The summed E-state index contributed by atoms with van der Waals surface area (Å²) >= 11 is 0. The average molecular weight is 1450 g/mol. The van der Waals surface area contributed by atoms with Gasteiger partial charge in [0.25, 0.3) is 0 Å². The fourth-order valence-corrected chi connectivity index (χ4v) is 10.4. The number of carbonyl (C=O) groups is 15. The summed E-state index contributed by atoms with van der Waals surface area (Å²) in [6.45, 7) is -1.96. The van der Waals surface area contributed by atoms with Gasteiger partial charge < -0.3 is 80.3 Å². The number of benzene rings is 6. The molecular formula is C74H80N10O21. The van der Waals surface area contributed by atoms with Gasteiger partial charge in [-0.1, -0.05) is 109 Å². The standard InChI is InChI=1S/C74H80N10O21/c85-60(57(79-72(97)103-66(91)54-31-13-4-14-32-54)37-19-22-40-76-69(94)100-63(88)51-25-7-1-8-26-51)82-45-43-75-44-46-83(61(86)58(80-73(98)104-67(92)55-33-15-5-16-34-55)38-20-23-41-77-70(95)101-64(89)52-27-9-2-10-28-52)48-50-84(49-47-82)62(87)59(81-74(99)105-68(93)56-35-17-6-18-36-56)39-21-24-42-78-71(96)102-65(90)53-29-11-3-12-30-53/h1-18,25-36,57-59,75H,19-24,37-50H2,(H,76,94)(H,77,95)(H,78,96)(H,79,97)(H,80,98)(H,81,99)/t57-,58-,59-/m0/s1. The van der Waals surface area contributed by atoms with Gasteiger partial charge >= 0.3 is 72.4 Å². The molecule has 1 fully saturated rings. The van der Waals surface area contributed by atoms with E-state index in [9.17, 15) is 57.5 Å². The Balaban J connectivity index is 1.14. The lowest BCUT2D eigenvalue weighted by atomic mass is 10.1. The number of nitrogens with zero attached hydrogens (tertiary/aromatic N) is 3. The molecule has 552 valence electrons. The summed E-state index contributed by atoms with van der Waals surface area (Å²) in [7, 11) is 0. The summed E-state index contributed by atoms with van der Waals surface area (Å²) in [5.74, 6) is -8.21. The minimum atomic E-state index is -1.56. The maximum absolute atomic E-state index is 15.4. The molecule has 3 atom stereocenters. The first-order chi connectivity index (χ1) is 50.8. The third kappa shape index (κ3) is 28.0. The van der Waals surface area contributed by atoms with E-state index < -0.39 is 108 Å². The van der Waals surface area contributed by atoms with Crippen LogP contribution in [0.4, 0.5) is 28.8 Å². The molecule has 1 saturated heterocycles. The van der Waals surface area contributed by atoms with Crippen molar-refractivity contribution in [1.29, 1.82) is 0 Å². The monoisotopic (exact) mass is 1440 g/mol. The Morgan fingerprint density at radius 3 is 0.695 bits per heavy atom. The second-order valence-corrected chi connectivity index (χ2v) is 23.3. The van der Waals surface area contributed by atoms with Crippen molar-refractivity contribution in [3.05, 3.63) is 215 Å². The molecule has 7 N–H and O–H groups in total. The van der Waals surface area contributed by atoms with Gasteiger partial charge in [0.05, 0.1) is 33.4 Å². The summed E-state index contributed by atoms with van der Waals surface area (Å²) in [4.78, 5) is 206. The average Bonchev–Trinajstić information content (AvgIpc) is 0.851. The molecule has 31 heteroatoms. The van der Waals surface area contributed by atoms with E-state index in [-0.39, 0.29) is 163 Å². The highest BCUT2D eigenvalue weighted by atomic mass is 16.6. The zero-order valence-electron chi connectivity index (χ0n) is 57.1. The summed E-state index contributed by atoms with van der Waals surface area (Å²) in [5.41, 5.74) is 0.393. The molecule has 0 saturated carbocycles. The minimum absolute atomic E-state index is 0.00541. The largest absolute Gasteiger partial charge is 0.415 e. The summed E-state index contributed by atoms with van der Waals surface area (Å²) in [5, 5.41) is 18.1. The maximum atomic E-state index is 15.4. The quantitative estimate of drug-likeness (QED) is 0.0117. The highest BCUT2D eigenvalue weighted by Gasteiger charge is 2.34. The van der Waals surface area contributed by atoms with Crippen molar-refractivity contribution in [2.24, 2.45) is 0 Å². The van der Waals surface area contributed by atoms with Crippen LogP contribution in [0.15, 0.2) is 182 Å². The second kappa shape index (κ2) is 43.2. The van der Waals surface area contributed by atoms with Gasteiger partial charge in [-0.3, -0.25) is 14.4 Å². The first-order valence-corrected chi connectivity index (χ1v) is 33.8. The van der Waals surface area contributed by atoms with Crippen molar-refractivity contribution in [2.75, 3.05) is 72.0 Å². The molecule has 0 spiro atoms. The van der Waals surface area contributed by atoms with Gasteiger partial charge in [-0.25, -0.2) is 57.5 Å². The predicted molar refractivity (Wildman–Crippen MR) is 372 cm³/mol. The number of rotatable bonds is 27. The number of hydrogen-bond donors (Lipinski definition) is 7. The Morgan fingerprint density at radius 1 is 0.276 bits per heavy atom. The second-order valence-electron chi connectivity index (χ2n) is 23.3. The molecule has 105 heavy (non-hydrogen) atoms. The molecule has 1 aliphatic rings.